The van der Waals surface area contributed by atoms with Crippen molar-refractivity contribution < 1.29 is 17.9 Å². The molecule has 0 heterocycles. The van der Waals surface area contributed by atoms with E-state index in [0.717, 1.165) is 21.7 Å². The Labute approximate surface area is 138 Å². The van der Waals surface area contributed by atoms with E-state index in [4.69, 9.17) is 4.74 Å². The molecule has 0 aliphatic rings. The largest absolute Gasteiger partial charge is 0.385 e. The standard InChI is InChI=1S/C16H26N2O4S/c1-12-7-8-15(11-13(12)2)18(23(5,20)21)14(3)16(19)17-9-6-10-22-4/h7-8,11,14H,6,9-10H2,1-5H3,(H,17,19)/t14-/m1/s1. The number of hydrogen-bond donors (Lipinski definition) is 1. The molecule has 1 atom stereocenters. The second-order valence-electron chi connectivity index (χ2n) is 5.64. The maximum atomic E-state index is 12.3. The number of ether oxygens (including phenoxy) is 1. The molecule has 6 nitrogen and oxygen atoms in total. The van der Waals surface area contributed by atoms with Crippen LogP contribution in [0.4, 0.5) is 5.69 Å². The van der Waals surface area contributed by atoms with Gasteiger partial charge in [0.15, 0.2) is 0 Å². The van der Waals surface area contributed by atoms with Gasteiger partial charge in [-0.1, -0.05) is 6.07 Å². The summed E-state index contributed by atoms with van der Waals surface area (Å²) >= 11 is 0. The van der Waals surface area contributed by atoms with Gasteiger partial charge in [-0.25, -0.2) is 8.42 Å². The second kappa shape index (κ2) is 8.31. The van der Waals surface area contributed by atoms with Crippen LogP contribution >= 0.6 is 0 Å². The van der Waals surface area contributed by atoms with Crippen LogP contribution in [0.25, 0.3) is 0 Å². The number of methoxy groups -OCH3 is 1. The number of nitrogens with one attached hydrogen (secondary N) is 1. The minimum atomic E-state index is -3.58. The molecule has 7 heteroatoms. The number of nitrogens with zero attached hydrogens (tertiary/aromatic N) is 1. The van der Waals surface area contributed by atoms with E-state index in [1.807, 2.05) is 19.9 Å². The molecule has 1 amide bonds. The van der Waals surface area contributed by atoms with Gasteiger partial charge in [0.25, 0.3) is 0 Å². The molecule has 0 aliphatic carbocycles. The van der Waals surface area contributed by atoms with Crippen molar-refractivity contribution in [1.82, 2.24) is 5.32 Å². The lowest BCUT2D eigenvalue weighted by Gasteiger charge is -2.28. The smallest absolute Gasteiger partial charge is 0.243 e. The van der Waals surface area contributed by atoms with Gasteiger partial charge in [0.2, 0.25) is 15.9 Å². The van der Waals surface area contributed by atoms with Crippen LogP contribution in [-0.2, 0) is 19.6 Å². The van der Waals surface area contributed by atoms with E-state index in [0.29, 0.717) is 25.3 Å². The Kier molecular flexibility index (Phi) is 7.02. The van der Waals surface area contributed by atoms with E-state index < -0.39 is 16.1 Å². The molecule has 1 N–H and O–H groups in total. The lowest BCUT2D eigenvalue weighted by atomic mass is 10.1. The number of benzene rings is 1. The predicted octanol–water partition coefficient (Wildman–Crippen LogP) is 1.61. The topological polar surface area (TPSA) is 75.7 Å². The van der Waals surface area contributed by atoms with Crippen LogP contribution in [0.5, 0.6) is 0 Å². The van der Waals surface area contributed by atoms with Crippen molar-refractivity contribution in [2.45, 2.75) is 33.2 Å². The molecule has 1 aromatic carbocycles. The van der Waals surface area contributed by atoms with Crippen molar-refractivity contribution in [3.8, 4) is 0 Å². The molecule has 0 aromatic heterocycles. The summed E-state index contributed by atoms with van der Waals surface area (Å²) in [6.07, 6.45) is 1.79. The number of carbonyl (C=O) groups excluding carboxylic acids is 1. The fourth-order valence-electron chi connectivity index (χ4n) is 2.25. The highest BCUT2D eigenvalue weighted by atomic mass is 32.2. The van der Waals surface area contributed by atoms with Crippen LogP contribution in [0.1, 0.15) is 24.5 Å². The number of anilines is 1. The first-order valence-corrected chi connectivity index (χ1v) is 9.36. The Morgan fingerprint density at radius 3 is 2.48 bits per heavy atom. The maximum absolute atomic E-state index is 12.3. The van der Waals surface area contributed by atoms with Crippen LogP contribution in [0, 0.1) is 13.8 Å². The molecule has 130 valence electrons. The van der Waals surface area contributed by atoms with E-state index in [-0.39, 0.29) is 5.91 Å². The first kappa shape index (κ1) is 19.4. The Hall–Kier alpha value is -1.60. The molecule has 0 unspecified atom stereocenters. The van der Waals surface area contributed by atoms with E-state index in [9.17, 15) is 13.2 Å². The summed E-state index contributed by atoms with van der Waals surface area (Å²) in [6, 6.07) is 4.53. The summed E-state index contributed by atoms with van der Waals surface area (Å²) in [5, 5.41) is 2.74. The van der Waals surface area contributed by atoms with Gasteiger partial charge in [-0.3, -0.25) is 9.10 Å². The zero-order valence-corrected chi connectivity index (χ0v) is 15.2. The van der Waals surface area contributed by atoms with Crippen LogP contribution in [-0.4, -0.2) is 46.9 Å². The highest BCUT2D eigenvalue weighted by Gasteiger charge is 2.29. The lowest BCUT2D eigenvalue weighted by molar-refractivity contribution is -0.121. The minimum Gasteiger partial charge on any atom is -0.385 e. The molecule has 0 radical (unpaired) electrons. The van der Waals surface area contributed by atoms with Crippen molar-refractivity contribution in [1.29, 1.82) is 0 Å². The lowest BCUT2D eigenvalue weighted by Crippen LogP contribution is -2.48. The van der Waals surface area contributed by atoms with Gasteiger partial charge < -0.3 is 10.1 Å². The number of carbonyl (C=O) groups is 1. The number of hydrogen-bond acceptors (Lipinski definition) is 4. The second-order valence-corrected chi connectivity index (χ2v) is 7.50. The highest BCUT2D eigenvalue weighted by Crippen LogP contribution is 2.23. The van der Waals surface area contributed by atoms with Crippen LogP contribution in [0.15, 0.2) is 18.2 Å². The van der Waals surface area contributed by atoms with Crippen molar-refractivity contribution in [3.63, 3.8) is 0 Å². The predicted molar refractivity (Wildman–Crippen MR) is 92.2 cm³/mol. The van der Waals surface area contributed by atoms with Gasteiger partial charge in [-0.05, 0) is 50.5 Å². The van der Waals surface area contributed by atoms with Crippen molar-refractivity contribution in [3.05, 3.63) is 29.3 Å². The van der Waals surface area contributed by atoms with Gasteiger partial charge in [-0.2, -0.15) is 0 Å². The molecule has 0 fully saturated rings. The molecular weight excluding hydrogens is 316 g/mol. The van der Waals surface area contributed by atoms with Gasteiger partial charge >= 0.3 is 0 Å². The summed E-state index contributed by atoms with van der Waals surface area (Å²) in [6.45, 7) is 6.44. The summed E-state index contributed by atoms with van der Waals surface area (Å²) in [5.74, 6) is -0.329. The normalized spacial score (nSPS) is 12.7. The van der Waals surface area contributed by atoms with E-state index >= 15 is 0 Å². The quantitative estimate of drug-likeness (QED) is 0.728. The summed E-state index contributed by atoms with van der Waals surface area (Å²) < 4.78 is 30.4. The van der Waals surface area contributed by atoms with Crippen LogP contribution in [0.3, 0.4) is 0 Å². The number of sulfonamides is 1. The highest BCUT2D eigenvalue weighted by molar-refractivity contribution is 7.92. The number of aryl methyl sites for hydroxylation is 2. The van der Waals surface area contributed by atoms with Gasteiger partial charge in [0.1, 0.15) is 6.04 Å². The molecule has 0 saturated heterocycles. The van der Waals surface area contributed by atoms with Gasteiger partial charge in [0, 0.05) is 20.3 Å². The van der Waals surface area contributed by atoms with Gasteiger partial charge in [0.05, 0.1) is 11.9 Å². The fraction of sp³-hybridized carbons (Fsp3) is 0.562. The molecule has 23 heavy (non-hydrogen) atoms. The Morgan fingerprint density at radius 1 is 1.30 bits per heavy atom. The SMILES string of the molecule is COCCCNC(=O)[C@@H](C)N(c1ccc(C)c(C)c1)S(C)(=O)=O. The number of rotatable bonds is 8. The number of amides is 1. The zero-order valence-electron chi connectivity index (χ0n) is 14.4. The first-order chi connectivity index (χ1) is 10.7. The minimum absolute atomic E-state index is 0.329. The van der Waals surface area contributed by atoms with Gasteiger partial charge in [-0.15, -0.1) is 0 Å². The molecule has 0 aliphatic heterocycles. The van der Waals surface area contributed by atoms with E-state index in [1.165, 1.54) is 0 Å². The summed E-state index contributed by atoms with van der Waals surface area (Å²) in [4.78, 5) is 12.3. The van der Waals surface area contributed by atoms with Crippen molar-refractivity contribution in [2.24, 2.45) is 0 Å². The average molecular weight is 342 g/mol. The fourth-order valence-corrected chi connectivity index (χ4v) is 3.41. The molecule has 0 spiro atoms. The monoisotopic (exact) mass is 342 g/mol. The third-order valence-corrected chi connectivity index (χ3v) is 4.90. The maximum Gasteiger partial charge on any atom is 0.243 e. The molecule has 1 aromatic rings. The molecule has 0 bridgehead atoms. The average Bonchev–Trinajstić information content (AvgIpc) is 2.45. The Bertz CT molecular complexity index is 643. The van der Waals surface area contributed by atoms with Crippen LogP contribution < -0.4 is 9.62 Å². The molecule has 1 rings (SSSR count). The third-order valence-electron chi connectivity index (χ3n) is 3.66. The summed E-state index contributed by atoms with van der Waals surface area (Å²) in [5.41, 5.74) is 2.54. The van der Waals surface area contributed by atoms with Crippen molar-refractivity contribution >= 4 is 21.6 Å². The van der Waals surface area contributed by atoms with E-state index in [2.05, 4.69) is 5.32 Å². The first-order valence-electron chi connectivity index (χ1n) is 7.51. The molecular formula is C16H26N2O4S. The third kappa shape index (κ3) is 5.51. The zero-order chi connectivity index (χ0) is 17.6. The van der Waals surface area contributed by atoms with Crippen molar-refractivity contribution in [2.75, 3.05) is 30.8 Å². The summed E-state index contributed by atoms with van der Waals surface area (Å²) in [7, 11) is -1.99. The Balaban J connectivity index is 2.98. The molecule has 0 saturated carbocycles. The van der Waals surface area contributed by atoms with E-state index in [1.54, 1.807) is 26.2 Å². The van der Waals surface area contributed by atoms with Crippen LogP contribution in [0.2, 0.25) is 0 Å². The Morgan fingerprint density at radius 2 is 1.96 bits per heavy atom.